The van der Waals surface area contributed by atoms with E-state index in [-0.39, 0.29) is 11.6 Å². The maximum Gasteiger partial charge on any atom is 0.292 e. The predicted octanol–water partition coefficient (Wildman–Crippen LogP) is 2.02. The summed E-state index contributed by atoms with van der Waals surface area (Å²) >= 11 is 0. The summed E-state index contributed by atoms with van der Waals surface area (Å²) in [7, 11) is 1.59. The highest BCUT2D eigenvalue weighted by Gasteiger charge is 2.32. The molecule has 0 radical (unpaired) electrons. The highest BCUT2D eigenvalue weighted by molar-refractivity contribution is 5.95. The summed E-state index contributed by atoms with van der Waals surface area (Å²) in [5.74, 6) is 1.07. The molecular weight excluding hydrogens is 246 g/mol. The van der Waals surface area contributed by atoms with Crippen molar-refractivity contribution in [3.8, 4) is 0 Å². The number of nitrogens with zero attached hydrogens (tertiary/aromatic N) is 1. The molecule has 2 unspecified atom stereocenters. The third kappa shape index (κ3) is 3.01. The topological polar surface area (TPSA) is 84.3 Å². The molecule has 102 valence electrons. The van der Waals surface area contributed by atoms with Gasteiger partial charge in [0, 0.05) is 25.2 Å². The van der Waals surface area contributed by atoms with Crippen LogP contribution in [0.25, 0.3) is 0 Å². The summed E-state index contributed by atoms with van der Waals surface area (Å²) in [5.41, 5.74) is 0.746. The van der Waals surface area contributed by atoms with E-state index in [4.69, 9.17) is 0 Å². The summed E-state index contributed by atoms with van der Waals surface area (Å²) in [6.07, 6.45) is 1.16. The van der Waals surface area contributed by atoms with E-state index in [0.29, 0.717) is 29.6 Å². The third-order valence-electron chi connectivity index (χ3n) is 3.53. The molecule has 1 aromatic rings. The number of amides is 1. The minimum absolute atomic E-state index is 0.0325. The normalized spacial score (nSPS) is 20.7. The van der Waals surface area contributed by atoms with Gasteiger partial charge >= 0.3 is 0 Å². The number of carbonyl (C=O) groups excluding carboxylic acids is 1. The van der Waals surface area contributed by atoms with Gasteiger partial charge in [-0.05, 0) is 30.4 Å². The van der Waals surface area contributed by atoms with Crippen molar-refractivity contribution in [2.45, 2.75) is 13.3 Å². The Bertz CT molecular complexity index is 516. The van der Waals surface area contributed by atoms with Crippen molar-refractivity contribution in [2.75, 3.05) is 18.9 Å². The number of benzene rings is 1. The number of rotatable bonds is 5. The van der Waals surface area contributed by atoms with Crippen molar-refractivity contribution in [1.82, 2.24) is 5.32 Å². The molecule has 19 heavy (non-hydrogen) atoms. The minimum Gasteiger partial charge on any atom is -0.383 e. The first kappa shape index (κ1) is 13.3. The number of nitro benzene ring substituents is 1. The van der Waals surface area contributed by atoms with Gasteiger partial charge in [-0.15, -0.1) is 0 Å². The quantitative estimate of drug-likeness (QED) is 0.628. The molecule has 0 aromatic heterocycles. The molecule has 1 aliphatic carbocycles. The van der Waals surface area contributed by atoms with Crippen molar-refractivity contribution in [3.63, 3.8) is 0 Å². The maximum absolute atomic E-state index is 11.9. The first-order valence-electron chi connectivity index (χ1n) is 6.27. The van der Waals surface area contributed by atoms with E-state index in [0.717, 1.165) is 6.42 Å². The Morgan fingerprint density at radius 3 is 2.74 bits per heavy atom. The SMILES string of the molecule is CNc1cc(C(=O)NCC2CC2C)ccc1[N+](=O)[O-]. The number of anilines is 1. The van der Waals surface area contributed by atoms with Crippen LogP contribution in [0, 0.1) is 22.0 Å². The standard InChI is InChI=1S/C13H17N3O3/c1-8-5-10(8)7-15-13(17)9-3-4-12(16(18)19)11(6-9)14-2/h3-4,6,8,10,14H,5,7H2,1-2H3,(H,15,17). The Morgan fingerprint density at radius 2 is 2.21 bits per heavy atom. The summed E-state index contributed by atoms with van der Waals surface area (Å²) in [6.45, 7) is 2.83. The van der Waals surface area contributed by atoms with Gasteiger partial charge in [-0.3, -0.25) is 14.9 Å². The van der Waals surface area contributed by atoms with Crippen LogP contribution in [-0.4, -0.2) is 24.4 Å². The van der Waals surface area contributed by atoms with Gasteiger partial charge in [0.05, 0.1) is 4.92 Å². The van der Waals surface area contributed by atoms with Crippen LogP contribution in [-0.2, 0) is 0 Å². The fraction of sp³-hybridized carbons (Fsp3) is 0.462. The second kappa shape index (κ2) is 5.26. The van der Waals surface area contributed by atoms with Crippen LogP contribution >= 0.6 is 0 Å². The van der Waals surface area contributed by atoms with Crippen LogP contribution in [0.4, 0.5) is 11.4 Å². The number of hydrogen-bond donors (Lipinski definition) is 2. The van der Waals surface area contributed by atoms with Gasteiger partial charge in [0.25, 0.3) is 11.6 Å². The van der Waals surface area contributed by atoms with Crippen molar-refractivity contribution in [2.24, 2.45) is 11.8 Å². The molecule has 6 nitrogen and oxygen atoms in total. The Balaban J connectivity index is 2.07. The molecule has 0 bridgehead atoms. The molecule has 2 rings (SSSR count). The maximum atomic E-state index is 11.9. The number of nitrogens with one attached hydrogen (secondary N) is 2. The molecule has 1 amide bonds. The largest absolute Gasteiger partial charge is 0.383 e. The molecule has 6 heteroatoms. The average molecular weight is 263 g/mol. The van der Waals surface area contributed by atoms with Gasteiger partial charge in [-0.1, -0.05) is 6.92 Å². The molecular formula is C13H17N3O3. The molecule has 1 aliphatic rings. The fourth-order valence-electron chi connectivity index (χ4n) is 2.05. The zero-order valence-corrected chi connectivity index (χ0v) is 11.0. The minimum atomic E-state index is -0.473. The van der Waals surface area contributed by atoms with Crippen LogP contribution in [0.1, 0.15) is 23.7 Å². The zero-order chi connectivity index (χ0) is 14.0. The van der Waals surface area contributed by atoms with E-state index >= 15 is 0 Å². The van der Waals surface area contributed by atoms with E-state index in [1.165, 1.54) is 18.2 Å². The van der Waals surface area contributed by atoms with E-state index in [2.05, 4.69) is 17.6 Å². The molecule has 0 aliphatic heterocycles. The van der Waals surface area contributed by atoms with Gasteiger partial charge in [-0.2, -0.15) is 0 Å². The third-order valence-corrected chi connectivity index (χ3v) is 3.53. The summed E-state index contributed by atoms with van der Waals surface area (Å²) in [5, 5.41) is 16.4. The first-order chi connectivity index (χ1) is 9.02. The Hall–Kier alpha value is -2.11. The molecule has 1 aromatic carbocycles. The molecule has 0 heterocycles. The van der Waals surface area contributed by atoms with Crippen LogP contribution in [0.2, 0.25) is 0 Å². The number of hydrogen-bond acceptors (Lipinski definition) is 4. The van der Waals surface area contributed by atoms with Crippen molar-refractivity contribution >= 4 is 17.3 Å². The van der Waals surface area contributed by atoms with E-state index < -0.39 is 4.92 Å². The molecule has 0 spiro atoms. The number of carbonyl (C=O) groups is 1. The van der Waals surface area contributed by atoms with Crippen LogP contribution in [0.3, 0.4) is 0 Å². The van der Waals surface area contributed by atoms with Crippen molar-refractivity contribution < 1.29 is 9.72 Å². The van der Waals surface area contributed by atoms with Gasteiger partial charge in [0.1, 0.15) is 5.69 Å². The summed E-state index contributed by atoms with van der Waals surface area (Å²) in [6, 6.07) is 4.33. The lowest BCUT2D eigenvalue weighted by Gasteiger charge is -2.07. The Kier molecular flexibility index (Phi) is 3.69. The zero-order valence-electron chi connectivity index (χ0n) is 11.0. The molecule has 2 atom stereocenters. The lowest BCUT2D eigenvalue weighted by atomic mass is 10.1. The molecule has 1 fully saturated rings. The molecule has 0 saturated heterocycles. The van der Waals surface area contributed by atoms with Crippen LogP contribution in [0.15, 0.2) is 18.2 Å². The van der Waals surface area contributed by atoms with E-state index in [1.807, 2.05) is 0 Å². The van der Waals surface area contributed by atoms with Crippen molar-refractivity contribution in [3.05, 3.63) is 33.9 Å². The highest BCUT2D eigenvalue weighted by atomic mass is 16.6. The van der Waals surface area contributed by atoms with Crippen LogP contribution < -0.4 is 10.6 Å². The lowest BCUT2D eigenvalue weighted by Crippen LogP contribution is -2.26. The van der Waals surface area contributed by atoms with Gasteiger partial charge < -0.3 is 10.6 Å². The average Bonchev–Trinajstić information content (AvgIpc) is 3.11. The number of nitro groups is 1. The van der Waals surface area contributed by atoms with Crippen LogP contribution in [0.5, 0.6) is 0 Å². The Labute approximate surface area is 111 Å². The molecule has 1 saturated carbocycles. The highest BCUT2D eigenvalue weighted by Crippen LogP contribution is 2.36. The fourth-order valence-corrected chi connectivity index (χ4v) is 2.05. The monoisotopic (exact) mass is 263 g/mol. The Morgan fingerprint density at radius 1 is 1.53 bits per heavy atom. The van der Waals surface area contributed by atoms with Gasteiger partial charge in [0.2, 0.25) is 0 Å². The molecule has 2 N–H and O–H groups in total. The second-order valence-electron chi connectivity index (χ2n) is 4.92. The summed E-state index contributed by atoms with van der Waals surface area (Å²) < 4.78 is 0. The lowest BCUT2D eigenvalue weighted by molar-refractivity contribution is -0.383. The summed E-state index contributed by atoms with van der Waals surface area (Å²) in [4.78, 5) is 22.2. The second-order valence-corrected chi connectivity index (χ2v) is 4.92. The first-order valence-corrected chi connectivity index (χ1v) is 6.27. The van der Waals surface area contributed by atoms with Gasteiger partial charge in [-0.25, -0.2) is 0 Å². The van der Waals surface area contributed by atoms with E-state index in [9.17, 15) is 14.9 Å². The predicted molar refractivity (Wildman–Crippen MR) is 72.2 cm³/mol. The van der Waals surface area contributed by atoms with Crippen molar-refractivity contribution in [1.29, 1.82) is 0 Å². The smallest absolute Gasteiger partial charge is 0.292 e. The van der Waals surface area contributed by atoms with E-state index in [1.54, 1.807) is 7.05 Å². The van der Waals surface area contributed by atoms with Gasteiger partial charge in [0.15, 0.2) is 0 Å².